The van der Waals surface area contributed by atoms with Crippen molar-refractivity contribution in [3.05, 3.63) is 11.9 Å². The summed E-state index contributed by atoms with van der Waals surface area (Å²) < 4.78 is 0. The smallest absolute Gasteiger partial charge is 0.244 e. The van der Waals surface area contributed by atoms with Gasteiger partial charge in [0.15, 0.2) is 0 Å². The molecule has 0 saturated heterocycles. The first-order chi connectivity index (χ1) is 8.61. The van der Waals surface area contributed by atoms with Gasteiger partial charge < -0.3 is 16.0 Å². The Balaban J connectivity index is 2.96. The van der Waals surface area contributed by atoms with Gasteiger partial charge in [-0.25, -0.2) is 9.97 Å². The molecule has 1 amide bonds. The van der Waals surface area contributed by atoms with Crippen LogP contribution in [-0.4, -0.2) is 40.9 Å². The van der Waals surface area contributed by atoms with Crippen molar-refractivity contribution >= 4 is 17.5 Å². The lowest BCUT2D eigenvalue weighted by molar-refractivity contribution is -0.129. The third kappa shape index (κ3) is 4.08. The summed E-state index contributed by atoms with van der Waals surface area (Å²) in [5.41, 5.74) is 5.59. The molecule has 1 heterocycles. The highest BCUT2D eigenvalue weighted by atomic mass is 16.2. The van der Waals surface area contributed by atoms with E-state index in [0.29, 0.717) is 17.5 Å². The summed E-state index contributed by atoms with van der Waals surface area (Å²) in [6.07, 6.45) is 0. The first-order valence-corrected chi connectivity index (χ1v) is 6.24. The van der Waals surface area contributed by atoms with Gasteiger partial charge in [-0.2, -0.15) is 0 Å². The number of rotatable bonds is 3. The van der Waals surface area contributed by atoms with E-state index in [1.54, 1.807) is 27.1 Å². The van der Waals surface area contributed by atoms with Crippen LogP contribution in [-0.2, 0) is 10.2 Å². The largest absolute Gasteiger partial charge is 0.384 e. The van der Waals surface area contributed by atoms with E-state index in [9.17, 15) is 4.79 Å². The zero-order valence-corrected chi connectivity index (χ0v) is 12.5. The standard InChI is InChI=1S/C13H23N5O/c1-8(11(19)18(5)6)15-10-7-9(14)16-12(17-10)13(2,3)4/h7-8H,1-6H3,(H3,14,15,16,17). The highest BCUT2D eigenvalue weighted by molar-refractivity contribution is 5.83. The average Bonchev–Trinajstić information content (AvgIpc) is 2.25. The van der Waals surface area contributed by atoms with Gasteiger partial charge in [-0.3, -0.25) is 4.79 Å². The summed E-state index contributed by atoms with van der Waals surface area (Å²) >= 11 is 0. The molecule has 1 aromatic heterocycles. The van der Waals surface area contributed by atoms with Gasteiger partial charge in [-0.1, -0.05) is 20.8 Å². The minimum atomic E-state index is -0.364. The molecular formula is C13H23N5O. The number of likely N-dealkylation sites (N-methyl/N-ethyl adjacent to an activating group) is 1. The van der Waals surface area contributed by atoms with E-state index in [4.69, 9.17) is 5.73 Å². The van der Waals surface area contributed by atoms with Crippen molar-refractivity contribution in [1.82, 2.24) is 14.9 Å². The molecule has 1 rings (SSSR count). The molecule has 6 nitrogen and oxygen atoms in total. The second-order valence-corrected chi connectivity index (χ2v) is 5.85. The van der Waals surface area contributed by atoms with E-state index in [-0.39, 0.29) is 17.4 Å². The van der Waals surface area contributed by atoms with Gasteiger partial charge >= 0.3 is 0 Å². The minimum absolute atomic E-state index is 0.0190. The van der Waals surface area contributed by atoms with Crippen LogP contribution in [0, 0.1) is 0 Å². The molecule has 0 spiro atoms. The van der Waals surface area contributed by atoms with Crippen molar-refractivity contribution in [2.75, 3.05) is 25.1 Å². The lowest BCUT2D eigenvalue weighted by Gasteiger charge is -2.21. The summed E-state index contributed by atoms with van der Waals surface area (Å²) in [6, 6.07) is 1.27. The fourth-order valence-electron chi connectivity index (χ4n) is 1.55. The van der Waals surface area contributed by atoms with Crippen molar-refractivity contribution in [2.45, 2.75) is 39.2 Å². The molecule has 0 aliphatic heterocycles. The van der Waals surface area contributed by atoms with Crippen LogP contribution in [0.25, 0.3) is 0 Å². The lowest BCUT2D eigenvalue weighted by atomic mass is 9.96. The fourth-order valence-corrected chi connectivity index (χ4v) is 1.55. The van der Waals surface area contributed by atoms with Crippen molar-refractivity contribution < 1.29 is 4.79 Å². The topological polar surface area (TPSA) is 84.1 Å². The van der Waals surface area contributed by atoms with Gasteiger partial charge in [-0.05, 0) is 6.92 Å². The Morgan fingerprint density at radius 3 is 2.42 bits per heavy atom. The van der Waals surface area contributed by atoms with Crippen LogP contribution < -0.4 is 11.1 Å². The van der Waals surface area contributed by atoms with Gasteiger partial charge in [0.05, 0.1) is 0 Å². The number of nitrogens with one attached hydrogen (secondary N) is 1. The molecule has 1 unspecified atom stereocenters. The fraction of sp³-hybridized carbons (Fsp3) is 0.615. The summed E-state index contributed by atoms with van der Waals surface area (Å²) in [4.78, 5) is 22.0. The molecule has 0 aliphatic carbocycles. The molecule has 19 heavy (non-hydrogen) atoms. The number of nitrogen functional groups attached to an aromatic ring is 1. The summed E-state index contributed by atoms with van der Waals surface area (Å²) in [5.74, 6) is 1.60. The van der Waals surface area contributed by atoms with Crippen LogP contribution in [0.4, 0.5) is 11.6 Å². The molecule has 3 N–H and O–H groups in total. The Morgan fingerprint density at radius 1 is 1.37 bits per heavy atom. The Kier molecular flexibility index (Phi) is 4.34. The SMILES string of the molecule is CC(Nc1cc(N)nc(C(C)(C)C)n1)C(=O)N(C)C. The van der Waals surface area contributed by atoms with Crippen LogP contribution in [0.15, 0.2) is 6.07 Å². The predicted molar refractivity (Wildman–Crippen MR) is 76.9 cm³/mol. The van der Waals surface area contributed by atoms with E-state index in [0.717, 1.165) is 0 Å². The molecule has 106 valence electrons. The number of nitrogens with zero attached hydrogens (tertiary/aromatic N) is 3. The van der Waals surface area contributed by atoms with Gasteiger partial charge in [0.1, 0.15) is 23.5 Å². The summed E-state index contributed by atoms with van der Waals surface area (Å²) in [5, 5.41) is 3.05. The van der Waals surface area contributed by atoms with Gasteiger partial charge in [0, 0.05) is 25.6 Å². The maximum atomic E-state index is 11.8. The van der Waals surface area contributed by atoms with E-state index >= 15 is 0 Å². The molecule has 1 atom stereocenters. The normalized spacial score (nSPS) is 12.9. The molecule has 0 radical (unpaired) electrons. The van der Waals surface area contributed by atoms with Crippen LogP contribution in [0.3, 0.4) is 0 Å². The van der Waals surface area contributed by atoms with Gasteiger partial charge in [0.2, 0.25) is 5.91 Å². The maximum absolute atomic E-state index is 11.8. The molecular weight excluding hydrogens is 242 g/mol. The number of amides is 1. The predicted octanol–water partition coefficient (Wildman–Crippen LogP) is 1.24. The second kappa shape index (κ2) is 5.42. The second-order valence-electron chi connectivity index (χ2n) is 5.85. The highest BCUT2D eigenvalue weighted by Gasteiger charge is 2.20. The maximum Gasteiger partial charge on any atom is 0.244 e. The molecule has 0 saturated carbocycles. The quantitative estimate of drug-likeness (QED) is 0.859. The number of carbonyl (C=O) groups excluding carboxylic acids is 1. The summed E-state index contributed by atoms with van der Waals surface area (Å²) in [6.45, 7) is 7.83. The number of hydrogen-bond acceptors (Lipinski definition) is 5. The zero-order valence-electron chi connectivity index (χ0n) is 12.5. The monoisotopic (exact) mass is 265 g/mol. The van der Waals surface area contributed by atoms with Crippen molar-refractivity contribution in [1.29, 1.82) is 0 Å². The van der Waals surface area contributed by atoms with E-state index in [2.05, 4.69) is 15.3 Å². The molecule has 0 aliphatic rings. The molecule has 0 bridgehead atoms. The van der Waals surface area contributed by atoms with Gasteiger partial charge in [0.25, 0.3) is 0 Å². The molecule has 0 fully saturated rings. The van der Waals surface area contributed by atoms with Crippen molar-refractivity contribution in [3.8, 4) is 0 Å². The minimum Gasteiger partial charge on any atom is -0.384 e. The van der Waals surface area contributed by atoms with Crippen molar-refractivity contribution in [2.24, 2.45) is 0 Å². The Hall–Kier alpha value is -1.85. The Bertz CT molecular complexity index is 465. The first-order valence-electron chi connectivity index (χ1n) is 6.24. The summed E-state index contributed by atoms with van der Waals surface area (Å²) in [7, 11) is 3.44. The molecule has 6 heteroatoms. The Morgan fingerprint density at radius 2 is 1.95 bits per heavy atom. The number of nitrogens with two attached hydrogens (primary N) is 1. The van der Waals surface area contributed by atoms with E-state index < -0.39 is 0 Å². The third-order valence-corrected chi connectivity index (χ3v) is 2.59. The van der Waals surface area contributed by atoms with Crippen LogP contribution >= 0.6 is 0 Å². The average molecular weight is 265 g/mol. The van der Waals surface area contributed by atoms with Crippen LogP contribution in [0.2, 0.25) is 0 Å². The van der Waals surface area contributed by atoms with Gasteiger partial charge in [-0.15, -0.1) is 0 Å². The number of anilines is 2. The number of aromatic nitrogens is 2. The van der Waals surface area contributed by atoms with Crippen LogP contribution in [0.5, 0.6) is 0 Å². The number of carbonyl (C=O) groups is 1. The number of hydrogen-bond donors (Lipinski definition) is 2. The lowest BCUT2D eigenvalue weighted by Crippen LogP contribution is -2.37. The molecule has 1 aromatic rings. The Labute approximate surface area is 114 Å². The van der Waals surface area contributed by atoms with Crippen molar-refractivity contribution in [3.63, 3.8) is 0 Å². The molecule has 0 aromatic carbocycles. The first kappa shape index (κ1) is 15.2. The third-order valence-electron chi connectivity index (χ3n) is 2.59. The van der Waals surface area contributed by atoms with Crippen LogP contribution in [0.1, 0.15) is 33.5 Å². The van der Waals surface area contributed by atoms with E-state index in [1.165, 1.54) is 4.90 Å². The highest BCUT2D eigenvalue weighted by Crippen LogP contribution is 2.21. The van der Waals surface area contributed by atoms with E-state index in [1.807, 2.05) is 20.8 Å². The zero-order chi connectivity index (χ0) is 14.8.